The van der Waals surface area contributed by atoms with E-state index in [-0.39, 0.29) is 17.4 Å². The van der Waals surface area contributed by atoms with Crippen molar-refractivity contribution >= 4 is 11.7 Å². The van der Waals surface area contributed by atoms with Crippen molar-refractivity contribution in [3.05, 3.63) is 77.6 Å². The lowest BCUT2D eigenvalue weighted by Gasteiger charge is -2.37. The van der Waals surface area contributed by atoms with Gasteiger partial charge >= 0.3 is 0 Å². The Morgan fingerprint density at radius 1 is 1.23 bits per heavy atom. The highest BCUT2D eigenvalue weighted by Crippen LogP contribution is 2.27. The molecule has 1 aromatic carbocycles. The minimum Gasteiger partial charge on any atom is -0.467 e. The van der Waals surface area contributed by atoms with E-state index in [9.17, 15) is 4.79 Å². The zero-order valence-corrected chi connectivity index (χ0v) is 18.3. The molecule has 2 N–H and O–H groups in total. The molecule has 0 bridgehead atoms. The van der Waals surface area contributed by atoms with E-state index < -0.39 is 0 Å². The largest absolute Gasteiger partial charge is 0.467 e. The van der Waals surface area contributed by atoms with Gasteiger partial charge in [0.25, 0.3) is 5.91 Å². The number of aromatic nitrogens is 2. The molecule has 1 atom stereocenters. The van der Waals surface area contributed by atoms with Gasteiger partial charge in [0.1, 0.15) is 23.0 Å². The predicted molar refractivity (Wildman–Crippen MR) is 120 cm³/mol. The average molecular weight is 420 g/mol. The summed E-state index contributed by atoms with van der Waals surface area (Å²) in [5.41, 5.74) is 1.35. The van der Waals surface area contributed by atoms with E-state index in [0.29, 0.717) is 36.8 Å². The number of nitrogens with zero attached hydrogens (tertiary/aromatic N) is 3. The Hall–Kier alpha value is -3.19. The quantitative estimate of drug-likeness (QED) is 0.655. The third-order valence-corrected chi connectivity index (χ3v) is 5.39. The zero-order valence-electron chi connectivity index (χ0n) is 18.3. The first-order chi connectivity index (χ1) is 14.9. The molecule has 7 nitrogen and oxygen atoms in total. The molecule has 1 amide bonds. The minimum atomic E-state index is -0.232. The SMILES string of the molecule is CC(C)(C)c1ncc(C(=O)N2CCNCC2c2ccccc2)c(NCc2ccco2)n1. The highest BCUT2D eigenvalue weighted by molar-refractivity contribution is 5.98. The van der Waals surface area contributed by atoms with Crippen molar-refractivity contribution < 1.29 is 9.21 Å². The molecule has 0 spiro atoms. The second-order valence-corrected chi connectivity index (χ2v) is 8.77. The van der Waals surface area contributed by atoms with E-state index in [2.05, 4.69) is 48.5 Å². The van der Waals surface area contributed by atoms with Crippen molar-refractivity contribution in [2.45, 2.75) is 38.8 Å². The zero-order chi connectivity index (χ0) is 21.8. The van der Waals surface area contributed by atoms with Gasteiger partial charge in [-0.1, -0.05) is 51.1 Å². The van der Waals surface area contributed by atoms with Gasteiger partial charge in [-0.2, -0.15) is 0 Å². The second-order valence-electron chi connectivity index (χ2n) is 8.77. The maximum absolute atomic E-state index is 13.7. The number of hydrogen-bond acceptors (Lipinski definition) is 6. The monoisotopic (exact) mass is 419 g/mol. The number of hydrogen-bond donors (Lipinski definition) is 2. The molecule has 0 saturated carbocycles. The van der Waals surface area contributed by atoms with Gasteiger partial charge in [0.15, 0.2) is 0 Å². The van der Waals surface area contributed by atoms with Crippen molar-refractivity contribution in [2.24, 2.45) is 0 Å². The summed E-state index contributed by atoms with van der Waals surface area (Å²) in [5.74, 6) is 1.92. The summed E-state index contributed by atoms with van der Waals surface area (Å²) in [7, 11) is 0. The first kappa shape index (κ1) is 21.1. The van der Waals surface area contributed by atoms with Crippen molar-refractivity contribution in [3.8, 4) is 0 Å². The van der Waals surface area contributed by atoms with Gasteiger partial charge in [-0.25, -0.2) is 9.97 Å². The number of piperazine rings is 1. The highest BCUT2D eigenvalue weighted by Gasteiger charge is 2.31. The van der Waals surface area contributed by atoms with Gasteiger partial charge in [-0.05, 0) is 17.7 Å². The van der Waals surface area contributed by atoms with Crippen LogP contribution in [0.1, 0.15) is 54.3 Å². The Kier molecular flexibility index (Phi) is 6.04. The molecule has 3 heterocycles. The summed E-state index contributed by atoms with van der Waals surface area (Å²) < 4.78 is 5.43. The molecule has 3 aromatic rings. The Bertz CT molecular complexity index is 1010. The molecule has 0 radical (unpaired) electrons. The van der Waals surface area contributed by atoms with Crippen LogP contribution < -0.4 is 10.6 Å². The average Bonchev–Trinajstić information content (AvgIpc) is 3.31. The minimum absolute atomic E-state index is 0.0392. The molecule has 2 aromatic heterocycles. The topological polar surface area (TPSA) is 83.3 Å². The van der Waals surface area contributed by atoms with Crippen LogP contribution in [-0.4, -0.2) is 40.4 Å². The first-order valence-electron chi connectivity index (χ1n) is 10.6. The number of anilines is 1. The lowest BCUT2D eigenvalue weighted by atomic mass is 9.95. The molecule has 1 saturated heterocycles. The molecule has 1 fully saturated rings. The number of nitrogens with one attached hydrogen (secondary N) is 2. The van der Waals surface area contributed by atoms with Crippen LogP contribution in [-0.2, 0) is 12.0 Å². The Labute approximate surface area is 182 Å². The number of furan rings is 1. The van der Waals surface area contributed by atoms with Gasteiger partial charge in [0.2, 0.25) is 0 Å². The lowest BCUT2D eigenvalue weighted by molar-refractivity contribution is 0.0634. The van der Waals surface area contributed by atoms with Crippen molar-refractivity contribution in [1.29, 1.82) is 0 Å². The van der Waals surface area contributed by atoms with E-state index in [4.69, 9.17) is 9.40 Å². The van der Waals surface area contributed by atoms with Crippen molar-refractivity contribution in [1.82, 2.24) is 20.2 Å². The number of rotatable bonds is 5. The third kappa shape index (κ3) is 4.77. The van der Waals surface area contributed by atoms with Crippen LogP contribution in [0.4, 0.5) is 5.82 Å². The molecule has 1 unspecified atom stereocenters. The number of benzene rings is 1. The van der Waals surface area contributed by atoms with E-state index in [1.165, 1.54) is 0 Å². The van der Waals surface area contributed by atoms with E-state index in [0.717, 1.165) is 17.9 Å². The van der Waals surface area contributed by atoms with Gasteiger partial charge < -0.3 is 20.0 Å². The highest BCUT2D eigenvalue weighted by atomic mass is 16.3. The smallest absolute Gasteiger partial charge is 0.259 e. The fourth-order valence-electron chi connectivity index (χ4n) is 3.69. The number of carbonyl (C=O) groups excluding carboxylic acids is 1. The van der Waals surface area contributed by atoms with Crippen molar-refractivity contribution in [2.75, 3.05) is 25.0 Å². The lowest BCUT2D eigenvalue weighted by Crippen LogP contribution is -2.48. The third-order valence-electron chi connectivity index (χ3n) is 5.39. The summed E-state index contributed by atoms with van der Waals surface area (Å²) in [5, 5.41) is 6.70. The molecule has 4 rings (SSSR count). The van der Waals surface area contributed by atoms with Crippen molar-refractivity contribution in [3.63, 3.8) is 0 Å². The normalized spacial score (nSPS) is 16.9. The maximum atomic E-state index is 13.7. The Morgan fingerprint density at radius 2 is 2.03 bits per heavy atom. The van der Waals surface area contributed by atoms with Gasteiger partial charge in [0.05, 0.1) is 18.8 Å². The first-order valence-corrected chi connectivity index (χ1v) is 10.6. The van der Waals surface area contributed by atoms with Gasteiger partial charge in [0, 0.05) is 31.2 Å². The fourth-order valence-corrected chi connectivity index (χ4v) is 3.69. The van der Waals surface area contributed by atoms with E-state index >= 15 is 0 Å². The molecular weight excluding hydrogens is 390 g/mol. The predicted octanol–water partition coefficient (Wildman–Crippen LogP) is 3.77. The molecule has 31 heavy (non-hydrogen) atoms. The number of amides is 1. The summed E-state index contributed by atoms with van der Waals surface area (Å²) in [4.78, 5) is 24.9. The van der Waals surface area contributed by atoms with Gasteiger partial charge in [-0.3, -0.25) is 4.79 Å². The molecule has 0 aliphatic carbocycles. The standard InChI is InChI=1S/C24H29N5O2/c1-24(2,3)23-27-15-19(21(28-23)26-14-18-10-7-13-31-18)22(30)29-12-11-25-16-20(29)17-8-5-4-6-9-17/h4-10,13,15,20,25H,11-12,14,16H2,1-3H3,(H,26,27,28). The van der Waals surface area contributed by atoms with Crippen LogP contribution in [0.15, 0.2) is 59.3 Å². The number of carbonyl (C=O) groups is 1. The van der Waals surface area contributed by atoms with Crippen LogP contribution in [0.5, 0.6) is 0 Å². The fraction of sp³-hybridized carbons (Fsp3) is 0.375. The van der Waals surface area contributed by atoms with Gasteiger partial charge in [-0.15, -0.1) is 0 Å². The van der Waals surface area contributed by atoms with Crippen LogP contribution in [0.3, 0.4) is 0 Å². The Morgan fingerprint density at radius 3 is 2.74 bits per heavy atom. The molecule has 1 aliphatic rings. The molecule has 1 aliphatic heterocycles. The van der Waals surface area contributed by atoms with E-state index in [1.54, 1.807) is 12.5 Å². The second kappa shape index (κ2) is 8.89. The van der Waals surface area contributed by atoms with Crippen LogP contribution in [0.25, 0.3) is 0 Å². The van der Waals surface area contributed by atoms with Crippen LogP contribution in [0, 0.1) is 0 Å². The summed E-state index contributed by atoms with van der Waals surface area (Å²) in [6.07, 6.45) is 3.29. The summed E-state index contributed by atoms with van der Waals surface area (Å²) in [6, 6.07) is 13.8. The van der Waals surface area contributed by atoms with Crippen LogP contribution >= 0.6 is 0 Å². The Balaban J connectivity index is 1.66. The molecule has 7 heteroatoms. The maximum Gasteiger partial charge on any atom is 0.259 e. The van der Waals surface area contributed by atoms with E-state index in [1.807, 2.05) is 35.2 Å². The van der Waals surface area contributed by atoms with Crippen LogP contribution in [0.2, 0.25) is 0 Å². The molecule has 162 valence electrons. The molecular formula is C24H29N5O2. The summed E-state index contributed by atoms with van der Waals surface area (Å²) in [6.45, 7) is 8.71. The summed E-state index contributed by atoms with van der Waals surface area (Å²) >= 11 is 0.